The van der Waals surface area contributed by atoms with Crippen LogP contribution in [0.1, 0.15) is 21.5 Å². The Morgan fingerprint density at radius 1 is 1.12 bits per heavy atom. The number of thioether (sulfide) groups is 1. The molecule has 0 saturated carbocycles. The Morgan fingerprint density at radius 2 is 1.85 bits per heavy atom. The van der Waals surface area contributed by atoms with Gasteiger partial charge in [-0.3, -0.25) is 9.69 Å². The van der Waals surface area contributed by atoms with Crippen molar-refractivity contribution in [2.75, 3.05) is 7.05 Å². The Morgan fingerprint density at radius 3 is 2.55 bits per heavy atom. The predicted molar refractivity (Wildman–Crippen MR) is 134 cm³/mol. The van der Waals surface area contributed by atoms with Gasteiger partial charge in [-0.2, -0.15) is 0 Å². The number of carbonyl (C=O) groups excluding carboxylic acids is 1. The van der Waals surface area contributed by atoms with Gasteiger partial charge in [0.25, 0.3) is 5.91 Å². The number of carboxylic acid groups (broad SMARTS) is 1. The summed E-state index contributed by atoms with van der Waals surface area (Å²) in [5, 5.41) is 9.55. The minimum Gasteiger partial charge on any atom is -0.488 e. The Labute approximate surface area is 203 Å². The quantitative estimate of drug-likeness (QED) is 0.404. The molecule has 0 radical (unpaired) electrons. The Kier molecular flexibility index (Phi) is 6.96. The van der Waals surface area contributed by atoms with Gasteiger partial charge in [-0.25, -0.2) is 9.79 Å². The van der Waals surface area contributed by atoms with Crippen LogP contribution in [0.5, 0.6) is 5.75 Å². The van der Waals surface area contributed by atoms with E-state index in [1.807, 2.05) is 48.5 Å². The van der Waals surface area contributed by atoms with Crippen LogP contribution in [0.3, 0.4) is 0 Å². The van der Waals surface area contributed by atoms with Crippen LogP contribution in [0.15, 0.2) is 87.2 Å². The van der Waals surface area contributed by atoms with Crippen molar-refractivity contribution in [1.29, 1.82) is 0 Å². The number of halogens is 1. The van der Waals surface area contributed by atoms with Crippen LogP contribution in [0.25, 0.3) is 6.08 Å². The molecule has 3 aromatic carbocycles. The van der Waals surface area contributed by atoms with Crippen molar-refractivity contribution in [1.82, 2.24) is 4.90 Å². The SMILES string of the molecule is CN1C(=O)/C(=C/c2cc(Br)ccc2OCc2ccccc2)SC1=Nc1ccc(C(=O)O)cc1. The number of rotatable bonds is 6. The third-order valence-electron chi connectivity index (χ3n) is 4.84. The van der Waals surface area contributed by atoms with Gasteiger partial charge in [0, 0.05) is 17.1 Å². The molecule has 3 aromatic rings. The highest BCUT2D eigenvalue weighted by Gasteiger charge is 2.30. The van der Waals surface area contributed by atoms with Gasteiger partial charge in [-0.05, 0) is 65.9 Å². The molecule has 0 aromatic heterocycles. The zero-order valence-electron chi connectivity index (χ0n) is 17.6. The molecule has 1 amide bonds. The summed E-state index contributed by atoms with van der Waals surface area (Å²) in [5.41, 5.74) is 2.57. The largest absolute Gasteiger partial charge is 0.488 e. The van der Waals surface area contributed by atoms with Crippen molar-refractivity contribution in [3.8, 4) is 5.75 Å². The molecule has 0 unspecified atom stereocenters. The maximum atomic E-state index is 12.9. The van der Waals surface area contributed by atoms with Crippen LogP contribution in [0, 0.1) is 0 Å². The van der Waals surface area contributed by atoms with E-state index in [9.17, 15) is 9.59 Å². The number of amidine groups is 1. The Hall–Kier alpha value is -3.36. The molecule has 6 nitrogen and oxygen atoms in total. The van der Waals surface area contributed by atoms with Gasteiger partial charge in [0.05, 0.1) is 16.2 Å². The van der Waals surface area contributed by atoms with E-state index in [1.165, 1.54) is 28.8 Å². The highest BCUT2D eigenvalue weighted by atomic mass is 79.9. The van der Waals surface area contributed by atoms with Crippen molar-refractivity contribution in [3.63, 3.8) is 0 Å². The summed E-state index contributed by atoms with van der Waals surface area (Å²) in [6.07, 6.45) is 1.80. The number of ether oxygens (including phenoxy) is 1. The highest BCUT2D eigenvalue weighted by molar-refractivity contribution is 9.10. The molecule has 4 rings (SSSR count). The molecule has 1 aliphatic heterocycles. The average Bonchev–Trinajstić information content (AvgIpc) is 3.07. The first-order valence-corrected chi connectivity index (χ1v) is 11.6. The minimum atomic E-state index is -0.999. The zero-order valence-corrected chi connectivity index (χ0v) is 20.0. The molecule has 1 heterocycles. The second kappa shape index (κ2) is 10.1. The van der Waals surface area contributed by atoms with E-state index < -0.39 is 5.97 Å². The van der Waals surface area contributed by atoms with E-state index in [-0.39, 0.29) is 11.5 Å². The molecule has 1 aliphatic rings. The van der Waals surface area contributed by atoms with Crippen LogP contribution in [0.2, 0.25) is 0 Å². The number of hydrogen-bond donors (Lipinski definition) is 1. The van der Waals surface area contributed by atoms with Crippen LogP contribution in [0.4, 0.5) is 5.69 Å². The highest BCUT2D eigenvalue weighted by Crippen LogP contribution is 2.35. The van der Waals surface area contributed by atoms with Crippen LogP contribution < -0.4 is 4.74 Å². The number of likely N-dealkylation sites (N-methyl/N-ethyl adjacent to an activating group) is 1. The molecule has 8 heteroatoms. The first-order valence-electron chi connectivity index (χ1n) is 9.96. The second-order valence-electron chi connectivity index (χ2n) is 7.18. The summed E-state index contributed by atoms with van der Waals surface area (Å²) in [4.78, 5) is 30.4. The predicted octanol–water partition coefficient (Wildman–Crippen LogP) is 5.96. The fourth-order valence-corrected chi connectivity index (χ4v) is 4.44. The molecule has 1 saturated heterocycles. The van der Waals surface area contributed by atoms with Gasteiger partial charge in [-0.15, -0.1) is 0 Å². The van der Waals surface area contributed by atoms with E-state index >= 15 is 0 Å². The van der Waals surface area contributed by atoms with Crippen LogP contribution in [-0.2, 0) is 11.4 Å². The monoisotopic (exact) mass is 522 g/mol. The molecule has 1 N–H and O–H groups in total. The number of aromatic carboxylic acids is 1. The summed E-state index contributed by atoms with van der Waals surface area (Å²) in [7, 11) is 1.66. The first-order chi connectivity index (χ1) is 15.9. The molecule has 1 fully saturated rings. The number of hydrogen-bond acceptors (Lipinski definition) is 5. The van der Waals surface area contributed by atoms with Gasteiger partial charge in [-0.1, -0.05) is 46.3 Å². The average molecular weight is 523 g/mol. The number of carbonyl (C=O) groups is 2. The molecule has 166 valence electrons. The zero-order chi connectivity index (χ0) is 23.4. The standard InChI is InChI=1S/C25H19BrN2O4S/c1-28-23(29)22(33-25(28)27-20-10-7-17(8-11-20)24(30)31)14-18-13-19(26)9-12-21(18)32-15-16-5-3-2-4-6-16/h2-14H,15H2,1H3,(H,30,31)/b22-14-,27-25?. The van der Waals surface area contributed by atoms with Crippen molar-refractivity contribution in [2.45, 2.75) is 6.61 Å². The van der Waals surface area contributed by atoms with Crippen LogP contribution >= 0.6 is 27.7 Å². The smallest absolute Gasteiger partial charge is 0.335 e. The molecule has 0 bridgehead atoms. The number of carboxylic acids is 1. The van der Waals surface area contributed by atoms with Crippen molar-refractivity contribution in [3.05, 3.63) is 98.9 Å². The number of nitrogens with zero attached hydrogens (tertiary/aromatic N) is 2. The minimum absolute atomic E-state index is 0.171. The van der Waals surface area contributed by atoms with E-state index in [2.05, 4.69) is 20.9 Å². The maximum absolute atomic E-state index is 12.9. The molecule has 0 aliphatic carbocycles. The number of benzene rings is 3. The second-order valence-corrected chi connectivity index (χ2v) is 9.10. The van der Waals surface area contributed by atoms with E-state index in [1.54, 1.807) is 25.3 Å². The van der Waals surface area contributed by atoms with Gasteiger partial charge < -0.3 is 9.84 Å². The molecular weight excluding hydrogens is 504 g/mol. The summed E-state index contributed by atoms with van der Waals surface area (Å²) in [6.45, 7) is 0.415. The Balaban J connectivity index is 1.58. The lowest BCUT2D eigenvalue weighted by atomic mass is 10.1. The van der Waals surface area contributed by atoms with Gasteiger partial charge >= 0.3 is 5.97 Å². The van der Waals surface area contributed by atoms with Gasteiger partial charge in [0.15, 0.2) is 5.17 Å². The third kappa shape index (κ3) is 5.53. The molecule has 0 spiro atoms. The van der Waals surface area contributed by atoms with Crippen molar-refractivity contribution < 1.29 is 19.4 Å². The number of aliphatic imine (C=N–C) groups is 1. The first kappa shape index (κ1) is 22.8. The molecule has 33 heavy (non-hydrogen) atoms. The van der Waals surface area contributed by atoms with E-state index in [4.69, 9.17) is 9.84 Å². The lowest BCUT2D eigenvalue weighted by Gasteiger charge is -2.10. The van der Waals surface area contributed by atoms with E-state index in [0.717, 1.165) is 15.6 Å². The molecular formula is C25H19BrN2O4S. The number of amides is 1. The molecule has 0 atom stereocenters. The third-order valence-corrected chi connectivity index (χ3v) is 6.39. The van der Waals surface area contributed by atoms with Gasteiger partial charge in [0.1, 0.15) is 12.4 Å². The summed E-state index contributed by atoms with van der Waals surface area (Å²) in [5.74, 6) is -0.503. The van der Waals surface area contributed by atoms with Gasteiger partial charge in [0.2, 0.25) is 0 Å². The van der Waals surface area contributed by atoms with E-state index in [0.29, 0.717) is 28.1 Å². The van der Waals surface area contributed by atoms with Crippen molar-refractivity contribution in [2.24, 2.45) is 4.99 Å². The van der Waals surface area contributed by atoms with Crippen molar-refractivity contribution >= 4 is 56.5 Å². The summed E-state index contributed by atoms with van der Waals surface area (Å²) < 4.78 is 6.90. The normalized spacial score (nSPS) is 15.9. The van der Waals surface area contributed by atoms with Crippen LogP contribution in [-0.4, -0.2) is 34.1 Å². The topological polar surface area (TPSA) is 79.2 Å². The lowest BCUT2D eigenvalue weighted by molar-refractivity contribution is -0.121. The fraction of sp³-hybridized carbons (Fsp3) is 0.0800. The maximum Gasteiger partial charge on any atom is 0.335 e. The Bertz CT molecular complexity index is 1260. The summed E-state index contributed by atoms with van der Waals surface area (Å²) >= 11 is 4.74. The fourth-order valence-electron chi connectivity index (χ4n) is 3.08. The summed E-state index contributed by atoms with van der Waals surface area (Å²) in [6, 6.07) is 21.7. The lowest BCUT2D eigenvalue weighted by Crippen LogP contribution is -2.23.